The number of halogens is 1. The topological polar surface area (TPSA) is 85.3 Å². The van der Waals surface area contributed by atoms with Gasteiger partial charge in [0.05, 0.1) is 24.8 Å². The Morgan fingerprint density at radius 1 is 0.895 bits per heavy atom. The van der Waals surface area contributed by atoms with Crippen LogP contribution >= 0.6 is 0 Å². The first-order valence-electron chi connectivity index (χ1n) is 12.4. The van der Waals surface area contributed by atoms with E-state index in [1.807, 2.05) is 6.92 Å². The second kappa shape index (κ2) is 12.4. The molecule has 1 unspecified atom stereocenters. The van der Waals surface area contributed by atoms with Crippen molar-refractivity contribution in [3.63, 3.8) is 0 Å². The molecule has 7 nitrogen and oxygen atoms in total. The summed E-state index contributed by atoms with van der Waals surface area (Å²) in [5.74, 6) is -0.817. The van der Waals surface area contributed by atoms with Gasteiger partial charge >= 0.3 is 0 Å². The molecule has 198 valence electrons. The third-order valence-electron chi connectivity index (χ3n) is 6.19. The molecule has 1 heterocycles. The van der Waals surface area contributed by atoms with Gasteiger partial charge in [0, 0.05) is 19.2 Å². The van der Waals surface area contributed by atoms with Crippen LogP contribution in [0.1, 0.15) is 36.1 Å². The van der Waals surface area contributed by atoms with Crippen molar-refractivity contribution in [1.29, 1.82) is 0 Å². The number of ether oxygens (including phenoxy) is 3. The number of Topliss-reactive ketones (excluding diaryl/α,β-unsaturated/α-hetero) is 1. The van der Waals surface area contributed by atoms with Crippen LogP contribution in [0.5, 0.6) is 11.5 Å². The molecule has 0 aliphatic carbocycles. The average molecular weight is 520 g/mol. The molecule has 0 radical (unpaired) electrons. The normalized spacial score (nSPS) is 16.6. The lowest BCUT2D eigenvalue weighted by molar-refractivity contribution is -0.140. The van der Waals surface area contributed by atoms with Crippen LogP contribution in [0, 0.1) is 5.82 Å². The second-order valence-corrected chi connectivity index (χ2v) is 8.84. The van der Waals surface area contributed by atoms with Gasteiger partial charge in [-0.3, -0.25) is 9.59 Å². The maximum atomic E-state index is 13.1. The minimum Gasteiger partial charge on any atom is -0.507 e. The fourth-order valence-corrected chi connectivity index (χ4v) is 4.22. The zero-order chi connectivity index (χ0) is 27.1. The van der Waals surface area contributed by atoms with Crippen molar-refractivity contribution < 1.29 is 33.3 Å². The number of aliphatic hydroxyl groups excluding tert-OH is 1. The number of amides is 1. The number of likely N-dealkylation sites (tertiary alicyclic amines) is 1. The minimum absolute atomic E-state index is 0.00769. The van der Waals surface area contributed by atoms with Crippen LogP contribution in [0.3, 0.4) is 0 Å². The van der Waals surface area contributed by atoms with Gasteiger partial charge in [0.25, 0.3) is 11.7 Å². The quantitative estimate of drug-likeness (QED) is 0.211. The number of benzene rings is 3. The molecule has 4 rings (SSSR count). The zero-order valence-corrected chi connectivity index (χ0v) is 21.4. The highest BCUT2D eigenvalue weighted by molar-refractivity contribution is 6.46. The number of rotatable bonds is 11. The first-order chi connectivity index (χ1) is 18.4. The summed E-state index contributed by atoms with van der Waals surface area (Å²) < 4.78 is 29.7. The van der Waals surface area contributed by atoms with Gasteiger partial charge in [-0.25, -0.2) is 4.39 Å². The number of nitrogens with zero attached hydrogens (tertiary/aromatic N) is 1. The lowest BCUT2D eigenvalue weighted by Crippen LogP contribution is -2.32. The van der Waals surface area contributed by atoms with Gasteiger partial charge in [0.2, 0.25) is 0 Å². The van der Waals surface area contributed by atoms with Gasteiger partial charge < -0.3 is 24.2 Å². The van der Waals surface area contributed by atoms with Crippen molar-refractivity contribution in [2.24, 2.45) is 0 Å². The number of carbonyl (C=O) groups excluding carboxylic acids is 2. The predicted molar refractivity (Wildman–Crippen MR) is 140 cm³/mol. The first kappa shape index (κ1) is 26.9. The third-order valence-corrected chi connectivity index (χ3v) is 6.19. The molecule has 0 spiro atoms. The number of ketones is 1. The largest absolute Gasteiger partial charge is 0.507 e. The lowest BCUT2D eigenvalue weighted by atomic mass is 9.95. The van der Waals surface area contributed by atoms with Gasteiger partial charge in [0.15, 0.2) is 0 Å². The van der Waals surface area contributed by atoms with E-state index in [4.69, 9.17) is 14.2 Å². The molecular weight excluding hydrogens is 489 g/mol. The highest BCUT2D eigenvalue weighted by Crippen LogP contribution is 2.39. The maximum absolute atomic E-state index is 13.1. The average Bonchev–Trinajstić information content (AvgIpc) is 3.19. The summed E-state index contributed by atoms with van der Waals surface area (Å²) in [6.07, 6.45) is 0.864. The Bertz CT molecular complexity index is 1290. The van der Waals surface area contributed by atoms with Crippen molar-refractivity contribution in [1.82, 2.24) is 4.90 Å². The Morgan fingerprint density at radius 3 is 2.16 bits per heavy atom. The van der Waals surface area contributed by atoms with Gasteiger partial charge in [-0.2, -0.15) is 0 Å². The zero-order valence-electron chi connectivity index (χ0n) is 21.4. The van der Waals surface area contributed by atoms with E-state index in [0.717, 1.165) is 12.0 Å². The van der Waals surface area contributed by atoms with Crippen molar-refractivity contribution >= 4 is 17.4 Å². The summed E-state index contributed by atoms with van der Waals surface area (Å²) in [6.45, 7) is 3.23. The van der Waals surface area contributed by atoms with E-state index in [2.05, 4.69) is 0 Å². The molecule has 1 aliphatic rings. The Kier molecular flexibility index (Phi) is 8.76. The van der Waals surface area contributed by atoms with Crippen molar-refractivity contribution in [2.75, 3.05) is 26.9 Å². The van der Waals surface area contributed by atoms with Crippen LogP contribution in [0.25, 0.3) is 5.76 Å². The van der Waals surface area contributed by atoms with Crippen LogP contribution in [0.2, 0.25) is 0 Å². The molecule has 1 atom stereocenters. The van der Waals surface area contributed by atoms with E-state index in [1.54, 1.807) is 60.7 Å². The van der Waals surface area contributed by atoms with E-state index in [-0.39, 0.29) is 36.9 Å². The number of hydrogen-bond acceptors (Lipinski definition) is 6. The number of aliphatic hydroxyl groups is 1. The van der Waals surface area contributed by atoms with E-state index in [9.17, 15) is 19.1 Å². The lowest BCUT2D eigenvalue weighted by Gasteiger charge is -2.25. The molecule has 1 aliphatic heterocycles. The third kappa shape index (κ3) is 6.03. The standard InChI is InChI=1S/C30H30FNO6/c1-3-17-37-24-14-8-22(9-15-24)28(33)26-27(32(16-18-36-2)30(35)29(26)34)21-6-12-25(13-7-21)38-19-20-4-10-23(31)11-5-20/h4-15,27,33H,3,16-19H2,1-2H3/b28-26-. The monoisotopic (exact) mass is 519 g/mol. The molecule has 0 bridgehead atoms. The number of methoxy groups -OCH3 is 1. The highest BCUT2D eigenvalue weighted by atomic mass is 19.1. The molecule has 3 aromatic carbocycles. The summed E-state index contributed by atoms with van der Waals surface area (Å²) in [7, 11) is 1.51. The Balaban J connectivity index is 1.63. The van der Waals surface area contributed by atoms with Crippen LogP contribution in [-0.4, -0.2) is 48.6 Å². The summed E-state index contributed by atoms with van der Waals surface area (Å²) in [6, 6.07) is 19.0. The molecule has 1 fully saturated rings. The van der Waals surface area contributed by atoms with Crippen LogP contribution < -0.4 is 9.47 Å². The van der Waals surface area contributed by atoms with E-state index in [0.29, 0.717) is 29.2 Å². The Hall–Kier alpha value is -4.17. The summed E-state index contributed by atoms with van der Waals surface area (Å²) >= 11 is 0. The highest BCUT2D eigenvalue weighted by Gasteiger charge is 2.45. The number of carbonyl (C=O) groups is 2. The van der Waals surface area contributed by atoms with Gasteiger partial charge in [-0.05, 0) is 66.1 Å². The molecule has 8 heteroatoms. The van der Waals surface area contributed by atoms with Crippen molar-refractivity contribution in [3.05, 3.63) is 101 Å². The molecule has 1 N–H and O–H groups in total. The van der Waals surface area contributed by atoms with Crippen LogP contribution in [0.15, 0.2) is 78.4 Å². The Labute approximate surface area is 221 Å². The van der Waals surface area contributed by atoms with E-state index in [1.165, 1.54) is 24.1 Å². The minimum atomic E-state index is -0.799. The van der Waals surface area contributed by atoms with Crippen molar-refractivity contribution in [3.8, 4) is 11.5 Å². The maximum Gasteiger partial charge on any atom is 0.295 e. The van der Waals surface area contributed by atoms with Gasteiger partial charge in [-0.15, -0.1) is 0 Å². The first-order valence-corrected chi connectivity index (χ1v) is 12.4. The van der Waals surface area contributed by atoms with Gasteiger partial charge in [0.1, 0.15) is 29.7 Å². The molecule has 38 heavy (non-hydrogen) atoms. The summed E-state index contributed by atoms with van der Waals surface area (Å²) in [5, 5.41) is 11.2. The molecule has 1 saturated heterocycles. The molecular formula is C30H30FNO6. The fraction of sp³-hybridized carbons (Fsp3) is 0.267. The van der Waals surface area contributed by atoms with E-state index >= 15 is 0 Å². The van der Waals surface area contributed by atoms with Crippen LogP contribution in [-0.2, 0) is 20.9 Å². The predicted octanol–water partition coefficient (Wildman–Crippen LogP) is 5.26. The molecule has 0 saturated carbocycles. The van der Waals surface area contributed by atoms with Gasteiger partial charge in [-0.1, -0.05) is 31.2 Å². The van der Waals surface area contributed by atoms with Crippen molar-refractivity contribution in [2.45, 2.75) is 26.0 Å². The molecule has 3 aromatic rings. The fourth-order valence-electron chi connectivity index (χ4n) is 4.22. The molecule has 1 amide bonds. The summed E-state index contributed by atoms with van der Waals surface area (Å²) in [4.78, 5) is 27.5. The summed E-state index contributed by atoms with van der Waals surface area (Å²) in [5.41, 5.74) is 1.87. The van der Waals surface area contributed by atoms with Crippen LogP contribution in [0.4, 0.5) is 4.39 Å². The Morgan fingerprint density at radius 2 is 1.53 bits per heavy atom. The van der Waals surface area contributed by atoms with E-state index < -0.39 is 17.7 Å². The smallest absolute Gasteiger partial charge is 0.295 e. The number of hydrogen-bond donors (Lipinski definition) is 1. The molecule has 0 aromatic heterocycles. The SMILES string of the molecule is CCCOc1ccc(/C(O)=C2/C(=O)C(=O)N(CCOC)C2c2ccc(OCc3ccc(F)cc3)cc2)cc1. The second-order valence-electron chi connectivity index (χ2n) is 8.84.